The Hall–Kier alpha value is -1.30. The zero-order valence-electron chi connectivity index (χ0n) is 14.7. The average Bonchev–Trinajstić information content (AvgIpc) is 2.84. The highest BCUT2D eigenvalue weighted by molar-refractivity contribution is 6.86. The SMILES string of the molecule is CC(C)(C)[Si](C)(C)C(F)=C(F)COC1(C(F)(F)C(F)(F)F)COC(=O)O1. The molecule has 0 spiro atoms. The molecule has 0 N–H and O–H groups in total. The number of alkyl halides is 5. The number of cyclic esters (lactones) is 2. The molecule has 0 aromatic heterocycles. The maximum Gasteiger partial charge on any atom is 0.511 e. The van der Waals surface area contributed by atoms with Crippen LogP contribution in [0.3, 0.4) is 0 Å². The highest BCUT2D eigenvalue weighted by atomic mass is 28.3. The molecule has 0 amide bonds. The summed E-state index contributed by atoms with van der Waals surface area (Å²) in [5, 5.41) is -0.676. The largest absolute Gasteiger partial charge is 0.511 e. The Labute approximate surface area is 146 Å². The molecule has 1 saturated heterocycles. The summed E-state index contributed by atoms with van der Waals surface area (Å²) >= 11 is 0. The number of hydrogen-bond acceptors (Lipinski definition) is 4. The van der Waals surface area contributed by atoms with Crippen molar-refractivity contribution < 1.29 is 49.7 Å². The molecule has 0 aliphatic carbocycles. The van der Waals surface area contributed by atoms with Gasteiger partial charge < -0.3 is 14.2 Å². The lowest BCUT2D eigenvalue weighted by Gasteiger charge is -2.36. The van der Waals surface area contributed by atoms with E-state index < -0.39 is 61.6 Å². The van der Waals surface area contributed by atoms with Gasteiger partial charge in [0.2, 0.25) is 0 Å². The van der Waals surface area contributed by atoms with Crippen LogP contribution in [-0.4, -0.2) is 45.3 Å². The predicted molar refractivity (Wildman–Crippen MR) is 78.6 cm³/mol. The van der Waals surface area contributed by atoms with Crippen LogP contribution >= 0.6 is 0 Å². The second kappa shape index (κ2) is 6.70. The Balaban J connectivity index is 3.17. The molecule has 4 nitrogen and oxygen atoms in total. The van der Waals surface area contributed by atoms with Gasteiger partial charge in [-0.3, -0.25) is 0 Å². The minimum Gasteiger partial charge on any atom is -0.427 e. The normalized spacial score (nSPS) is 23.5. The molecule has 1 fully saturated rings. The number of halogens is 7. The van der Waals surface area contributed by atoms with Crippen LogP contribution in [0.4, 0.5) is 35.5 Å². The zero-order chi connectivity index (χ0) is 20.8. The number of ether oxygens (including phenoxy) is 3. The molecular formula is C14H19F7O4Si. The maximum absolute atomic E-state index is 14.4. The summed E-state index contributed by atoms with van der Waals surface area (Å²) in [6.07, 6.45) is -8.03. The van der Waals surface area contributed by atoms with Gasteiger partial charge in [0.1, 0.15) is 20.1 Å². The summed E-state index contributed by atoms with van der Waals surface area (Å²) in [6, 6.07) is 0. The number of rotatable bonds is 5. The van der Waals surface area contributed by atoms with E-state index >= 15 is 0 Å². The van der Waals surface area contributed by atoms with E-state index in [1.807, 2.05) is 0 Å². The summed E-state index contributed by atoms with van der Waals surface area (Å²) < 4.78 is 106. The second-order valence-electron chi connectivity index (χ2n) is 7.35. The molecule has 152 valence electrons. The topological polar surface area (TPSA) is 44.8 Å². The highest BCUT2D eigenvalue weighted by Gasteiger charge is 2.76. The van der Waals surface area contributed by atoms with Crippen LogP contribution in [0.25, 0.3) is 0 Å². The first-order chi connectivity index (χ1) is 11.4. The van der Waals surface area contributed by atoms with E-state index in [4.69, 9.17) is 0 Å². The van der Waals surface area contributed by atoms with Crippen molar-refractivity contribution in [2.45, 2.75) is 56.8 Å². The first kappa shape index (κ1) is 22.7. The highest BCUT2D eigenvalue weighted by Crippen LogP contribution is 2.48. The third-order valence-corrected chi connectivity index (χ3v) is 9.68. The lowest BCUT2D eigenvalue weighted by Crippen LogP contribution is -2.60. The number of hydrogen-bond donors (Lipinski definition) is 0. The quantitative estimate of drug-likeness (QED) is 0.351. The van der Waals surface area contributed by atoms with Crippen molar-refractivity contribution in [3.63, 3.8) is 0 Å². The monoisotopic (exact) mass is 412 g/mol. The van der Waals surface area contributed by atoms with Crippen molar-refractivity contribution in [1.29, 1.82) is 0 Å². The van der Waals surface area contributed by atoms with Crippen molar-refractivity contribution in [3.05, 3.63) is 11.3 Å². The van der Waals surface area contributed by atoms with Gasteiger partial charge in [0, 0.05) is 0 Å². The van der Waals surface area contributed by atoms with Gasteiger partial charge in [-0.15, -0.1) is 0 Å². The first-order valence-electron chi connectivity index (χ1n) is 7.38. The molecule has 1 unspecified atom stereocenters. The van der Waals surface area contributed by atoms with E-state index in [0.717, 1.165) is 0 Å². The van der Waals surface area contributed by atoms with Gasteiger partial charge in [-0.05, 0) is 5.04 Å². The van der Waals surface area contributed by atoms with Crippen LogP contribution in [0.15, 0.2) is 11.3 Å². The minimum atomic E-state index is -6.18. The fourth-order valence-electron chi connectivity index (χ4n) is 1.79. The van der Waals surface area contributed by atoms with Crippen molar-refractivity contribution in [2.24, 2.45) is 0 Å². The van der Waals surface area contributed by atoms with E-state index in [9.17, 15) is 35.5 Å². The van der Waals surface area contributed by atoms with Gasteiger partial charge in [0.25, 0.3) is 0 Å². The Bertz CT molecular complexity index is 595. The predicted octanol–water partition coefficient (Wildman–Crippen LogP) is 5.26. The minimum absolute atomic E-state index is 0.676. The molecule has 12 heteroatoms. The van der Waals surface area contributed by atoms with Gasteiger partial charge in [0.15, 0.2) is 12.4 Å². The van der Waals surface area contributed by atoms with E-state index in [0.29, 0.717) is 0 Å². The van der Waals surface area contributed by atoms with Crippen molar-refractivity contribution in [3.8, 4) is 0 Å². The van der Waals surface area contributed by atoms with Crippen LogP contribution in [0, 0.1) is 0 Å². The molecule has 1 aliphatic rings. The first-order valence-corrected chi connectivity index (χ1v) is 10.4. The van der Waals surface area contributed by atoms with Crippen molar-refractivity contribution in [2.75, 3.05) is 13.2 Å². The van der Waals surface area contributed by atoms with E-state index in [-0.39, 0.29) is 0 Å². The van der Waals surface area contributed by atoms with Crippen LogP contribution in [0.1, 0.15) is 20.8 Å². The summed E-state index contributed by atoms with van der Waals surface area (Å²) in [6.45, 7) is 4.62. The molecule has 0 radical (unpaired) electrons. The van der Waals surface area contributed by atoms with E-state index in [1.165, 1.54) is 13.1 Å². The van der Waals surface area contributed by atoms with Gasteiger partial charge in [0.05, 0.1) is 0 Å². The second-order valence-corrected chi connectivity index (χ2v) is 12.5. The molecular weight excluding hydrogens is 393 g/mol. The van der Waals surface area contributed by atoms with Gasteiger partial charge in [-0.2, -0.15) is 22.0 Å². The van der Waals surface area contributed by atoms with Crippen molar-refractivity contribution >= 4 is 14.2 Å². The Morgan fingerprint density at radius 1 is 1.15 bits per heavy atom. The summed E-state index contributed by atoms with van der Waals surface area (Å²) in [5.41, 5.74) is -1.25. The molecule has 0 aromatic carbocycles. The fourth-order valence-corrected chi connectivity index (χ4v) is 3.20. The van der Waals surface area contributed by atoms with Gasteiger partial charge in [-0.1, -0.05) is 33.9 Å². The number of carbonyl (C=O) groups excluding carboxylic acids is 1. The fraction of sp³-hybridized carbons (Fsp3) is 0.786. The molecule has 0 saturated carbocycles. The van der Waals surface area contributed by atoms with Gasteiger partial charge >= 0.3 is 24.0 Å². The average molecular weight is 412 g/mol. The molecule has 26 heavy (non-hydrogen) atoms. The summed E-state index contributed by atoms with van der Waals surface area (Å²) in [7, 11) is -3.06. The zero-order valence-corrected chi connectivity index (χ0v) is 15.7. The lowest BCUT2D eigenvalue weighted by molar-refractivity contribution is -0.392. The number of carbonyl (C=O) groups is 1. The Kier molecular flexibility index (Phi) is 5.86. The third-order valence-electron chi connectivity index (χ3n) is 4.56. The third kappa shape index (κ3) is 3.85. The van der Waals surface area contributed by atoms with Crippen LogP contribution < -0.4 is 0 Å². The smallest absolute Gasteiger partial charge is 0.427 e. The van der Waals surface area contributed by atoms with Crippen LogP contribution in [0.2, 0.25) is 18.1 Å². The molecule has 1 heterocycles. The molecule has 0 aromatic rings. The standard InChI is InChI=1S/C14H19F7O4Si/c1-11(2,3)26(4,5)9(16)8(15)6-24-12(7-23-10(22)25-12)13(17,18)14(19,20)21/h6-7H2,1-5H3. The van der Waals surface area contributed by atoms with E-state index in [2.05, 4.69) is 14.2 Å². The van der Waals surface area contributed by atoms with Crippen molar-refractivity contribution in [1.82, 2.24) is 0 Å². The molecule has 1 atom stereocenters. The van der Waals surface area contributed by atoms with Gasteiger partial charge in [-0.25, -0.2) is 13.6 Å². The lowest BCUT2D eigenvalue weighted by atomic mass is 10.1. The van der Waals surface area contributed by atoms with Crippen LogP contribution in [-0.2, 0) is 14.2 Å². The Morgan fingerprint density at radius 3 is 2.00 bits per heavy atom. The molecule has 0 bridgehead atoms. The summed E-state index contributed by atoms with van der Waals surface area (Å²) in [5.74, 6) is -11.3. The maximum atomic E-state index is 14.4. The summed E-state index contributed by atoms with van der Waals surface area (Å²) in [4.78, 5) is 10.9. The van der Waals surface area contributed by atoms with Crippen LogP contribution in [0.5, 0.6) is 0 Å². The van der Waals surface area contributed by atoms with E-state index in [1.54, 1.807) is 20.8 Å². The Morgan fingerprint density at radius 2 is 1.65 bits per heavy atom. The molecule has 1 rings (SSSR count). The molecule has 1 aliphatic heterocycles.